The van der Waals surface area contributed by atoms with Crippen molar-refractivity contribution in [3.05, 3.63) is 47.6 Å². The van der Waals surface area contributed by atoms with E-state index in [-0.39, 0.29) is 26.7 Å². The average molecular weight is 407 g/mol. The summed E-state index contributed by atoms with van der Waals surface area (Å²) in [5.41, 5.74) is 8.14. The molecule has 0 unspecified atom stereocenters. The largest absolute Gasteiger partial charge is 0.382 e. The molecule has 10 heteroatoms. The Hall–Kier alpha value is -2.85. The molecule has 1 amide bonds. The first kappa shape index (κ1) is 19.9. The SMILES string of the molecule is CCS(=O)(=O)N1CC=C(c2cnc(N)c(C(=O)Nc3cc(C)ccn3)n2)CC1.[HH].[HH]. The first-order valence-electron chi connectivity index (χ1n) is 8.84. The van der Waals surface area contributed by atoms with E-state index in [0.717, 1.165) is 11.1 Å². The number of rotatable bonds is 5. The number of amides is 1. The lowest BCUT2D eigenvalue weighted by atomic mass is 10.1. The van der Waals surface area contributed by atoms with Crippen molar-refractivity contribution in [2.45, 2.75) is 20.3 Å². The molecule has 0 bridgehead atoms. The van der Waals surface area contributed by atoms with Crippen molar-refractivity contribution in [1.82, 2.24) is 19.3 Å². The van der Waals surface area contributed by atoms with Crippen LogP contribution in [0, 0.1) is 6.92 Å². The van der Waals surface area contributed by atoms with Gasteiger partial charge in [0, 0.05) is 22.1 Å². The Morgan fingerprint density at radius 2 is 2.18 bits per heavy atom. The van der Waals surface area contributed by atoms with Gasteiger partial charge >= 0.3 is 0 Å². The number of aryl methyl sites for hydroxylation is 1. The third kappa shape index (κ3) is 4.34. The van der Waals surface area contributed by atoms with Crippen molar-refractivity contribution in [3.63, 3.8) is 0 Å². The van der Waals surface area contributed by atoms with E-state index in [9.17, 15) is 13.2 Å². The van der Waals surface area contributed by atoms with Crippen LogP contribution < -0.4 is 11.1 Å². The van der Waals surface area contributed by atoms with Gasteiger partial charge in [-0.3, -0.25) is 4.79 Å². The molecule has 2 aromatic rings. The van der Waals surface area contributed by atoms with Crippen LogP contribution in [0.25, 0.3) is 5.57 Å². The number of sulfonamides is 1. The van der Waals surface area contributed by atoms with Crippen LogP contribution in [0.3, 0.4) is 0 Å². The van der Waals surface area contributed by atoms with Gasteiger partial charge in [0.1, 0.15) is 5.82 Å². The minimum absolute atomic E-state index is 0. The van der Waals surface area contributed by atoms with Crippen LogP contribution >= 0.6 is 0 Å². The Balaban J connectivity index is 0.00000225. The quantitative estimate of drug-likeness (QED) is 0.775. The fraction of sp³-hybridized carbons (Fsp3) is 0.333. The van der Waals surface area contributed by atoms with Crippen LogP contribution in [0.1, 0.15) is 37.9 Å². The van der Waals surface area contributed by atoms with Gasteiger partial charge in [0.25, 0.3) is 5.91 Å². The zero-order valence-electron chi connectivity index (χ0n) is 15.7. The molecule has 0 aromatic carbocycles. The van der Waals surface area contributed by atoms with E-state index in [2.05, 4.69) is 20.3 Å². The predicted molar refractivity (Wildman–Crippen MR) is 111 cm³/mol. The lowest BCUT2D eigenvalue weighted by Crippen LogP contribution is -2.35. The normalized spacial score (nSPS) is 15.1. The lowest BCUT2D eigenvalue weighted by molar-refractivity contribution is 0.102. The molecule has 3 heterocycles. The lowest BCUT2D eigenvalue weighted by Gasteiger charge is -2.25. The van der Waals surface area contributed by atoms with Crippen molar-refractivity contribution in [1.29, 1.82) is 0 Å². The summed E-state index contributed by atoms with van der Waals surface area (Å²) >= 11 is 0. The second-order valence-corrected chi connectivity index (χ2v) is 8.66. The van der Waals surface area contributed by atoms with E-state index in [1.807, 2.05) is 13.0 Å². The summed E-state index contributed by atoms with van der Waals surface area (Å²) in [7, 11) is -3.23. The molecular formula is C18H26N6O3S. The van der Waals surface area contributed by atoms with E-state index >= 15 is 0 Å². The summed E-state index contributed by atoms with van der Waals surface area (Å²) in [5.74, 6) is -0.0271. The van der Waals surface area contributed by atoms with Gasteiger partial charge in [-0.1, -0.05) is 6.08 Å². The van der Waals surface area contributed by atoms with Crippen molar-refractivity contribution in [2.75, 3.05) is 29.9 Å². The molecule has 9 nitrogen and oxygen atoms in total. The highest BCUT2D eigenvalue weighted by Gasteiger charge is 2.24. The zero-order chi connectivity index (χ0) is 20.3. The molecule has 0 saturated carbocycles. The number of carbonyl (C=O) groups is 1. The first-order valence-corrected chi connectivity index (χ1v) is 10.4. The maximum absolute atomic E-state index is 12.6. The van der Waals surface area contributed by atoms with Crippen LogP contribution in [-0.4, -0.2) is 52.4 Å². The van der Waals surface area contributed by atoms with E-state index in [1.54, 1.807) is 25.3 Å². The Labute approximate surface area is 166 Å². The number of hydrogen-bond donors (Lipinski definition) is 2. The van der Waals surface area contributed by atoms with Gasteiger partial charge in [0.05, 0.1) is 17.6 Å². The molecule has 0 aliphatic carbocycles. The van der Waals surface area contributed by atoms with Crippen LogP contribution in [0.2, 0.25) is 0 Å². The van der Waals surface area contributed by atoms with Crippen molar-refractivity contribution in [2.24, 2.45) is 0 Å². The molecule has 2 aromatic heterocycles. The van der Waals surface area contributed by atoms with Gasteiger partial charge in [-0.15, -0.1) is 0 Å². The number of nitrogens with zero attached hydrogens (tertiary/aromatic N) is 4. The molecule has 0 radical (unpaired) electrons. The maximum atomic E-state index is 12.6. The summed E-state index contributed by atoms with van der Waals surface area (Å²) in [6.07, 6.45) is 5.37. The molecule has 28 heavy (non-hydrogen) atoms. The molecule has 1 aliphatic heterocycles. The highest BCUT2D eigenvalue weighted by molar-refractivity contribution is 7.89. The number of pyridine rings is 1. The third-order valence-corrected chi connectivity index (χ3v) is 6.28. The smallest absolute Gasteiger partial charge is 0.279 e. The standard InChI is InChI=1S/C18H22N6O3S.2H2/c1-3-28(26,27)24-8-5-13(6-9-24)14-11-21-17(19)16(22-14)18(25)23-15-10-12(2)4-7-20-15;;/h4-5,7,10-11H,3,6,8-9H2,1-2H3,(H2,19,21)(H,20,23,25);2*1H. The summed E-state index contributed by atoms with van der Waals surface area (Å²) in [6, 6.07) is 3.56. The summed E-state index contributed by atoms with van der Waals surface area (Å²) in [6.45, 7) is 4.15. The van der Waals surface area contributed by atoms with E-state index < -0.39 is 15.9 Å². The average Bonchev–Trinajstić information content (AvgIpc) is 2.68. The van der Waals surface area contributed by atoms with Gasteiger partial charge in [0.15, 0.2) is 11.5 Å². The molecule has 0 saturated heterocycles. The van der Waals surface area contributed by atoms with Crippen molar-refractivity contribution in [3.8, 4) is 0 Å². The Morgan fingerprint density at radius 1 is 1.39 bits per heavy atom. The van der Waals surface area contributed by atoms with Gasteiger partial charge in [-0.2, -0.15) is 4.31 Å². The van der Waals surface area contributed by atoms with Gasteiger partial charge < -0.3 is 11.1 Å². The third-order valence-electron chi connectivity index (χ3n) is 4.43. The number of nitrogen functional groups attached to an aromatic ring is 1. The van der Waals surface area contributed by atoms with Crippen LogP contribution in [0.4, 0.5) is 11.6 Å². The van der Waals surface area contributed by atoms with Crippen LogP contribution in [0.5, 0.6) is 0 Å². The van der Waals surface area contributed by atoms with Crippen molar-refractivity contribution < 1.29 is 16.1 Å². The number of nitrogens with two attached hydrogens (primary N) is 1. The highest BCUT2D eigenvalue weighted by atomic mass is 32.2. The fourth-order valence-corrected chi connectivity index (χ4v) is 3.85. The predicted octanol–water partition coefficient (Wildman–Crippen LogP) is 1.95. The topological polar surface area (TPSA) is 131 Å². The van der Waals surface area contributed by atoms with E-state index in [0.29, 0.717) is 24.5 Å². The minimum Gasteiger partial charge on any atom is -0.382 e. The number of carbonyl (C=O) groups excluding carboxylic acids is 1. The van der Waals surface area contributed by atoms with E-state index in [4.69, 9.17) is 5.73 Å². The summed E-state index contributed by atoms with van der Waals surface area (Å²) in [5, 5.41) is 2.67. The van der Waals surface area contributed by atoms with Crippen LogP contribution in [-0.2, 0) is 10.0 Å². The molecule has 3 rings (SSSR count). The summed E-state index contributed by atoms with van der Waals surface area (Å²) < 4.78 is 25.4. The Bertz CT molecular complexity index is 1050. The molecule has 1 aliphatic rings. The second-order valence-electron chi connectivity index (χ2n) is 6.40. The molecule has 0 fully saturated rings. The molecule has 0 spiro atoms. The Morgan fingerprint density at radius 3 is 2.82 bits per heavy atom. The number of aromatic nitrogens is 3. The maximum Gasteiger partial charge on any atom is 0.279 e. The zero-order valence-corrected chi connectivity index (χ0v) is 16.5. The minimum atomic E-state index is -3.23. The number of anilines is 2. The van der Waals surface area contributed by atoms with Crippen LogP contribution in [0.15, 0.2) is 30.6 Å². The summed E-state index contributed by atoms with van der Waals surface area (Å²) in [4.78, 5) is 25.1. The highest BCUT2D eigenvalue weighted by Crippen LogP contribution is 2.23. The monoisotopic (exact) mass is 406 g/mol. The van der Waals surface area contributed by atoms with Gasteiger partial charge in [-0.05, 0) is 43.5 Å². The first-order chi connectivity index (χ1) is 13.3. The van der Waals surface area contributed by atoms with E-state index in [1.165, 1.54) is 10.5 Å². The van der Waals surface area contributed by atoms with Crippen molar-refractivity contribution >= 4 is 33.1 Å². The Kier molecular flexibility index (Phi) is 5.71. The number of nitrogens with one attached hydrogen (secondary N) is 1. The molecule has 3 N–H and O–H groups in total. The molecular weight excluding hydrogens is 380 g/mol. The number of hydrogen-bond acceptors (Lipinski definition) is 7. The second kappa shape index (κ2) is 8.03. The molecule has 0 atom stereocenters. The van der Waals surface area contributed by atoms with Gasteiger partial charge in [-0.25, -0.2) is 23.4 Å². The fourth-order valence-electron chi connectivity index (χ4n) is 2.82. The molecule has 152 valence electrons. The van der Waals surface area contributed by atoms with Gasteiger partial charge in [0.2, 0.25) is 10.0 Å².